The molecule has 0 saturated carbocycles. The molecule has 2 rings (SSSR count). The van der Waals surface area contributed by atoms with Gasteiger partial charge in [-0.15, -0.1) is 0 Å². The van der Waals surface area contributed by atoms with Crippen LogP contribution in [0.3, 0.4) is 0 Å². The minimum atomic E-state index is 0.133. The van der Waals surface area contributed by atoms with Crippen LogP contribution < -0.4 is 22.3 Å². The zero-order chi connectivity index (χ0) is 11.5. The van der Waals surface area contributed by atoms with Crippen molar-refractivity contribution in [2.45, 2.75) is 0 Å². The van der Waals surface area contributed by atoms with Crippen LogP contribution in [0.4, 0.5) is 23.4 Å². The van der Waals surface area contributed by atoms with Crippen molar-refractivity contribution in [3.05, 3.63) is 18.3 Å². The van der Waals surface area contributed by atoms with Gasteiger partial charge in [0.1, 0.15) is 11.6 Å². The molecule has 0 fully saturated rings. The van der Waals surface area contributed by atoms with Crippen LogP contribution in [0.2, 0.25) is 0 Å². The molecule has 0 amide bonds. The minimum Gasteiger partial charge on any atom is -0.368 e. The molecule has 0 spiro atoms. The first kappa shape index (κ1) is 10.2. The Morgan fingerprint density at radius 3 is 2.62 bits per heavy atom. The second-order valence-corrected chi connectivity index (χ2v) is 3.14. The van der Waals surface area contributed by atoms with Crippen LogP contribution >= 0.6 is 0 Å². The van der Waals surface area contributed by atoms with Crippen LogP contribution in [-0.4, -0.2) is 19.7 Å². The Kier molecular flexibility index (Phi) is 2.56. The first-order valence-electron chi connectivity index (χ1n) is 4.55. The number of aryl methyl sites for hydroxylation is 1. The summed E-state index contributed by atoms with van der Waals surface area (Å²) in [5, 5.41) is 7.13. The molecule has 0 aliphatic heterocycles. The summed E-state index contributed by atoms with van der Waals surface area (Å²) in [4.78, 5) is 7.86. The van der Waals surface area contributed by atoms with Crippen LogP contribution in [0.15, 0.2) is 18.3 Å². The third kappa shape index (κ3) is 2.17. The van der Waals surface area contributed by atoms with Gasteiger partial charge in [-0.05, 0) is 0 Å². The van der Waals surface area contributed by atoms with Crippen molar-refractivity contribution < 1.29 is 0 Å². The van der Waals surface area contributed by atoms with Gasteiger partial charge in [0.25, 0.3) is 0 Å². The number of nitrogens with one attached hydrogen (secondary N) is 2. The summed E-state index contributed by atoms with van der Waals surface area (Å²) in [5.41, 5.74) is 7.91. The fourth-order valence-corrected chi connectivity index (χ4v) is 1.22. The van der Waals surface area contributed by atoms with Crippen molar-refractivity contribution in [2.75, 3.05) is 16.5 Å². The zero-order valence-electron chi connectivity index (χ0n) is 8.68. The van der Waals surface area contributed by atoms with E-state index in [0.717, 1.165) is 0 Å². The van der Waals surface area contributed by atoms with Crippen molar-refractivity contribution in [2.24, 2.45) is 12.9 Å². The number of hydrogen-bond acceptors (Lipinski definition) is 7. The van der Waals surface area contributed by atoms with E-state index in [-0.39, 0.29) is 5.95 Å². The number of nitrogens with zero attached hydrogens (tertiary/aromatic N) is 4. The van der Waals surface area contributed by atoms with Gasteiger partial charge in [-0.25, -0.2) is 5.84 Å². The van der Waals surface area contributed by atoms with Crippen molar-refractivity contribution in [1.82, 2.24) is 19.7 Å². The molecule has 8 heteroatoms. The quantitative estimate of drug-likeness (QED) is 0.418. The predicted molar refractivity (Wildman–Crippen MR) is 60.7 cm³/mol. The van der Waals surface area contributed by atoms with Gasteiger partial charge in [0.15, 0.2) is 5.82 Å². The Morgan fingerprint density at radius 1 is 1.25 bits per heavy atom. The molecule has 0 aliphatic carbocycles. The number of hydrazine groups is 1. The number of anilines is 4. The molecule has 0 saturated heterocycles. The lowest BCUT2D eigenvalue weighted by Gasteiger charge is -2.05. The monoisotopic (exact) mass is 220 g/mol. The molecule has 0 atom stereocenters. The van der Waals surface area contributed by atoms with Gasteiger partial charge in [0.2, 0.25) is 5.95 Å². The van der Waals surface area contributed by atoms with Crippen molar-refractivity contribution in [3.8, 4) is 0 Å². The topological polar surface area (TPSA) is 120 Å². The van der Waals surface area contributed by atoms with E-state index < -0.39 is 0 Å². The Balaban J connectivity index is 2.24. The third-order valence-electron chi connectivity index (χ3n) is 1.86. The van der Waals surface area contributed by atoms with Crippen molar-refractivity contribution in [1.29, 1.82) is 0 Å². The molecule has 2 aromatic heterocycles. The highest BCUT2D eigenvalue weighted by atomic mass is 15.3. The average Bonchev–Trinajstić information content (AvgIpc) is 2.63. The lowest BCUT2D eigenvalue weighted by atomic mass is 10.5. The molecule has 2 heterocycles. The molecule has 0 aliphatic rings. The first-order chi connectivity index (χ1) is 7.67. The molecule has 84 valence electrons. The van der Waals surface area contributed by atoms with E-state index in [0.29, 0.717) is 17.5 Å². The van der Waals surface area contributed by atoms with Crippen LogP contribution in [0.1, 0.15) is 0 Å². The normalized spacial score (nSPS) is 10.1. The molecule has 0 radical (unpaired) electrons. The van der Waals surface area contributed by atoms with E-state index in [9.17, 15) is 0 Å². The van der Waals surface area contributed by atoms with Gasteiger partial charge in [-0.2, -0.15) is 15.1 Å². The highest BCUT2D eigenvalue weighted by Crippen LogP contribution is 2.15. The molecule has 16 heavy (non-hydrogen) atoms. The van der Waals surface area contributed by atoms with Gasteiger partial charge in [0, 0.05) is 25.4 Å². The fourth-order valence-electron chi connectivity index (χ4n) is 1.22. The highest BCUT2D eigenvalue weighted by molar-refractivity contribution is 5.57. The second-order valence-electron chi connectivity index (χ2n) is 3.14. The zero-order valence-corrected chi connectivity index (χ0v) is 8.68. The summed E-state index contributed by atoms with van der Waals surface area (Å²) < 4.78 is 1.68. The number of nitrogen functional groups attached to an aromatic ring is 2. The molecular formula is C8H12N8. The first-order valence-corrected chi connectivity index (χ1v) is 4.55. The summed E-state index contributed by atoms with van der Waals surface area (Å²) in [5.74, 6) is 7.01. The lowest BCUT2D eigenvalue weighted by molar-refractivity contribution is 0.771. The second kappa shape index (κ2) is 4.03. The average molecular weight is 220 g/mol. The van der Waals surface area contributed by atoms with Crippen molar-refractivity contribution >= 4 is 23.4 Å². The summed E-state index contributed by atoms with van der Waals surface area (Å²) in [6.45, 7) is 0. The number of aromatic nitrogens is 4. The predicted octanol–water partition coefficient (Wildman–Crippen LogP) is -0.179. The maximum Gasteiger partial charge on any atom is 0.223 e. The van der Waals surface area contributed by atoms with E-state index >= 15 is 0 Å². The van der Waals surface area contributed by atoms with E-state index in [4.69, 9.17) is 11.6 Å². The van der Waals surface area contributed by atoms with E-state index in [2.05, 4.69) is 25.8 Å². The molecule has 2 aromatic rings. The van der Waals surface area contributed by atoms with Gasteiger partial charge in [-0.1, -0.05) is 0 Å². The van der Waals surface area contributed by atoms with Crippen molar-refractivity contribution in [3.63, 3.8) is 0 Å². The minimum absolute atomic E-state index is 0.133. The van der Waals surface area contributed by atoms with Gasteiger partial charge >= 0.3 is 0 Å². The van der Waals surface area contributed by atoms with Crippen LogP contribution in [-0.2, 0) is 7.05 Å². The van der Waals surface area contributed by atoms with Crippen LogP contribution in [0, 0.1) is 0 Å². The Hall–Kier alpha value is -2.35. The SMILES string of the molecule is Cn1ccc(Nc2cc(NN)nc(N)n2)n1. The van der Waals surface area contributed by atoms with Crippen LogP contribution in [0.25, 0.3) is 0 Å². The largest absolute Gasteiger partial charge is 0.368 e. The number of rotatable bonds is 3. The Bertz CT molecular complexity index is 491. The maximum atomic E-state index is 5.51. The Morgan fingerprint density at radius 2 is 2.00 bits per heavy atom. The van der Waals surface area contributed by atoms with E-state index in [1.807, 2.05) is 19.3 Å². The van der Waals surface area contributed by atoms with Gasteiger partial charge < -0.3 is 16.5 Å². The standard InChI is InChI=1S/C8H12N8/c1-16-3-2-5(15-16)11-6-4-7(14-10)13-8(9)12-6/h2-4H,10H2,1H3,(H4,9,11,12,13,14,15). The van der Waals surface area contributed by atoms with E-state index in [1.54, 1.807) is 10.7 Å². The molecule has 6 N–H and O–H groups in total. The maximum absolute atomic E-state index is 5.51. The van der Waals surface area contributed by atoms with E-state index in [1.165, 1.54) is 0 Å². The summed E-state index contributed by atoms with van der Waals surface area (Å²) >= 11 is 0. The fraction of sp³-hybridized carbons (Fsp3) is 0.125. The van der Waals surface area contributed by atoms with Gasteiger partial charge in [-0.3, -0.25) is 4.68 Å². The van der Waals surface area contributed by atoms with Gasteiger partial charge in [0.05, 0.1) is 0 Å². The van der Waals surface area contributed by atoms with Crippen LogP contribution in [0.5, 0.6) is 0 Å². The number of nitrogens with two attached hydrogens (primary N) is 2. The highest BCUT2D eigenvalue weighted by Gasteiger charge is 2.03. The summed E-state index contributed by atoms with van der Waals surface area (Å²) in [7, 11) is 1.83. The summed E-state index contributed by atoms with van der Waals surface area (Å²) in [6.07, 6.45) is 1.81. The lowest BCUT2D eigenvalue weighted by Crippen LogP contribution is -2.11. The molecule has 0 unspecified atom stereocenters. The summed E-state index contributed by atoms with van der Waals surface area (Å²) in [6, 6.07) is 3.44. The third-order valence-corrected chi connectivity index (χ3v) is 1.86. The molecule has 8 nitrogen and oxygen atoms in total. The Labute approximate surface area is 91.6 Å². The molecule has 0 bridgehead atoms. The number of hydrogen-bond donors (Lipinski definition) is 4. The molecular weight excluding hydrogens is 208 g/mol. The smallest absolute Gasteiger partial charge is 0.223 e. The molecule has 0 aromatic carbocycles.